The quantitative estimate of drug-likeness (QED) is 0.225. The van der Waals surface area contributed by atoms with Gasteiger partial charge in [-0.2, -0.15) is 0 Å². The van der Waals surface area contributed by atoms with Crippen molar-refractivity contribution in [3.63, 3.8) is 0 Å². The second-order valence-electron chi connectivity index (χ2n) is 14.0. The molecule has 4 heterocycles. The van der Waals surface area contributed by atoms with Gasteiger partial charge in [-0.3, -0.25) is 9.69 Å². The maximum Gasteiger partial charge on any atom is 0.240 e. The number of thioether (sulfide) groups is 2. The van der Waals surface area contributed by atoms with Crippen LogP contribution in [-0.2, 0) is 20.8 Å². The summed E-state index contributed by atoms with van der Waals surface area (Å²) in [7, 11) is 0. The number of piperidine rings is 1. The van der Waals surface area contributed by atoms with E-state index in [0.717, 1.165) is 43.9 Å². The van der Waals surface area contributed by atoms with E-state index in [1.807, 2.05) is 6.92 Å². The van der Waals surface area contributed by atoms with Crippen molar-refractivity contribution in [1.29, 1.82) is 0 Å². The number of fused-ring (bicyclic) bond motifs is 1. The molecule has 5 N–H and O–H groups in total. The molecular formula is C34H55N3O6S2. The van der Waals surface area contributed by atoms with E-state index in [-0.39, 0.29) is 23.2 Å². The van der Waals surface area contributed by atoms with Crippen molar-refractivity contribution in [3.05, 3.63) is 29.8 Å². The molecule has 45 heavy (non-hydrogen) atoms. The van der Waals surface area contributed by atoms with Crippen LogP contribution in [0.2, 0.25) is 0 Å². The molecule has 0 unspecified atom stereocenters. The number of ether oxygens (including phenoxy) is 2. The number of likely N-dealkylation sites (tertiary alicyclic amines) is 1. The molecule has 0 aromatic heterocycles. The summed E-state index contributed by atoms with van der Waals surface area (Å²) in [5.74, 6) is 1.32. The molecule has 0 spiro atoms. The molecule has 0 saturated carbocycles. The Hall–Kier alpha value is -0.890. The van der Waals surface area contributed by atoms with Crippen LogP contribution in [0.15, 0.2) is 29.2 Å². The number of benzene rings is 1. The fourth-order valence-corrected chi connectivity index (χ4v) is 9.47. The minimum absolute atomic E-state index is 0.184. The highest BCUT2D eigenvalue weighted by molar-refractivity contribution is 8.00. The van der Waals surface area contributed by atoms with Gasteiger partial charge in [0.1, 0.15) is 35.9 Å². The number of carbonyl (C=O) groups excluding carboxylic acids is 1. The molecule has 0 aliphatic carbocycles. The van der Waals surface area contributed by atoms with Crippen LogP contribution in [0.4, 0.5) is 0 Å². The smallest absolute Gasteiger partial charge is 0.240 e. The van der Waals surface area contributed by atoms with Crippen LogP contribution < -0.4 is 10.6 Å². The lowest BCUT2D eigenvalue weighted by Crippen LogP contribution is -2.65. The summed E-state index contributed by atoms with van der Waals surface area (Å²) in [6.07, 6.45) is 3.79. The zero-order valence-corrected chi connectivity index (χ0v) is 29.0. The lowest BCUT2D eigenvalue weighted by molar-refractivity contribution is -0.205. The Morgan fingerprint density at radius 2 is 1.80 bits per heavy atom. The third-order valence-electron chi connectivity index (χ3n) is 10.1. The molecule has 4 aliphatic heterocycles. The fourth-order valence-electron chi connectivity index (χ4n) is 7.70. The van der Waals surface area contributed by atoms with E-state index in [9.17, 15) is 20.1 Å². The van der Waals surface area contributed by atoms with Crippen molar-refractivity contribution in [2.45, 2.75) is 124 Å². The Bertz CT molecular complexity index is 1070. The van der Waals surface area contributed by atoms with Crippen LogP contribution in [0.25, 0.3) is 0 Å². The van der Waals surface area contributed by atoms with E-state index in [4.69, 9.17) is 9.47 Å². The molecule has 0 radical (unpaired) electrons. The standard InChI is InChI=1S/C34H55N3O6S2/c1-20(2)16-23-12-15-42-31-24(17-23)18-35-27(31)33(41)36-26(32-29(39)28(38)30(40)34(43-32)44-4)21(3)45-25-10-8-22(9-11-25)19-37-13-6-5-7-14-37/h8-11,20-21,23-24,26-32,34-35,38-40H,5-7,12-19H2,1-4H3,(H,36,41)/t21-,23-,24-,26+,27-,28-,29+,30+,31+,32+,34+/m0/s1. The molecule has 1 aromatic rings. The van der Waals surface area contributed by atoms with Crippen LogP contribution in [0.3, 0.4) is 0 Å². The summed E-state index contributed by atoms with van der Waals surface area (Å²) in [6.45, 7) is 11.2. The van der Waals surface area contributed by atoms with Gasteiger partial charge in [-0.1, -0.05) is 39.3 Å². The molecule has 11 heteroatoms. The molecular weight excluding hydrogens is 611 g/mol. The van der Waals surface area contributed by atoms with E-state index >= 15 is 0 Å². The summed E-state index contributed by atoms with van der Waals surface area (Å²) in [4.78, 5) is 17.6. The van der Waals surface area contributed by atoms with Crippen molar-refractivity contribution in [2.75, 3.05) is 32.5 Å². The van der Waals surface area contributed by atoms with Gasteiger partial charge in [-0.25, -0.2) is 0 Å². The summed E-state index contributed by atoms with van der Waals surface area (Å²) >= 11 is 2.89. The van der Waals surface area contributed by atoms with Gasteiger partial charge in [-0.15, -0.1) is 23.5 Å². The van der Waals surface area contributed by atoms with Crippen LogP contribution in [0.5, 0.6) is 0 Å². The minimum Gasteiger partial charge on any atom is -0.388 e. The molecule has 4 fully saturated rings. The van der Waals surface area contributed by atoms with E-state index < -0.39 is 41.9 Å². The second-order valence-corrected chi connectivity index (χ2v) is 16.4. The number of hydrogen-bond donors (Lipinski definition) is 5. The van der Waals surface area contributed by atoms with Crippen molar-refractivity contribution < 1.29 is 29.6 Å². The van der Waals surface area contributed by atoms with Crippen molar-refractivity contribution in [1.82, 2.24) is 15.5 Å². The van der Waals surface area contributed by atoms with Crippen molar-refractivity contribution in [3.8, 4) is 0 Å². The minimum atomic E-state index is -1.39. The molecule has 0 bridgehead atoms. The Labute approximate surface area is 278 Å². The lowest BCUT2D eigenvalue weighted by atomic mass is 9.85. The van der Waals surface area contributed by atoms with Crippen molar-refractivity contribution >= 4 is 29.4 Å². The van der Waals surface area contributed by atoms with Gasteiger partial charge < -0.3 is 35.4 Å². The molecule has 254 valence electrons. The van der Waals surface area contributed by atoms with Crippen molar-refractivity contribution in [2.24, 2.45) is 17.8 Å². The highest BCUT2D eigenvalue weighted by atomic mass is 32.2. The number of amides is 1. The predicted molar refractivity (Wildman–Crippen MR) is 180 cm³/mol. The van der Waals surface area contributed by atoms with Gasteiger partial charge >= 0.3 is 0 Å². The van der Waals surface area contributed by atoms with Gasteiger partial charge in [0.2, 0.25) is 5.91 Å². The third-order valence-corrected chi connectivity index (χ3v) is 12.1. The van der Waals surface area contributed by atoms with Gasteiger partial charge in [0.25, 0.3) is 0 Å². The topological polar surface area (TPSA) is 124 Å². The van der Waals surface area contributed by atoms with E-state index in [1.54, 1.807) is 18.0 Å². The Balaban J connectivity index is 1.30. The van der Waals surface area contributed by atoms with Crippen LogP contribution in [0, 0.1) is 17.8 Å². The maximum atomic E-state index is 14.0. The number of aliphatic hydroxyl groups is 3. The summed E-state index contributed by atoms with van der Waals surface area (Å²) in [5.41, 5.74) is 0.557. The van der Waals surface area contributed by atoms with Gasteiger partial charge in [0, 0.05) is 29.8 Å². The molecule has 11 atom stereocenters. The van der Waals surface area contributed by atoms with Crippen LogP contribution in [0.1, 0.15) is 64.9 Å². The Morgan fingerprint density at radius 3 is 2.49 bits per heavy atom. The maximum absolute atomic E-state index is 14.0. The molecule has 4 saturated heterocycles. The Morgan fingerprint density at radius 1 is 1.07 bits per heavy atom. The largest absolute Gasteiger partial charge is 0.388 e. The first-order valence-corrected chi connectivity index (χ1v) is 19.2. The highest BCUT2D eigenvalue weighted by Crippen LogP contribution is 2.36. The van der Waals surface area contributed by atoms with Gasteiger partial charge in [-0.05, 0) is 86.9 Å². The SMILES string of the molecule is CS[C@H]1O[C@H]([C@H](NC(=O)[C@H]2NC[C@@H]3C[C@H](CC(C)C)CCO[C@H]32)[C@H](C)Sc2ccc(CN3CCCCC3)cc2)[C@H](O)[C@H](O)[C@H]1O. The zero-order chi connectivity index (χ0) is 32.1. The number of nitrogens with one attached hydrogen (secondary N) is 2. The zero-order valence-electron chi connectivity index (χ0n) is 27.3. The predicted octanol–water partition coefficient (Wildman–Crippen LogP) is 3.24. The fraction of sp³-hybridized carbons (Fsp3) is 0.794. The number of hydrogen-bond acceptors (Lipinski definition) is 10. The molecule has 1 aromatic carbocycles. The summed E-state index contributed by atoms with van der Waals surface area (Å²) in [6, 6.07) is 7.45. The van der Waals surface area contributed by atoms with E-state index in [0.29, 0.717) is 18.4 Å². The van der Waals surface area contributed by atoms with Gasteiger partial charge in [0.15, 0.2) is 0 Å². The summed E-state index contributed by atoms with van der Waals surface area (Å²) < 4.78 is 12.5. The second kappa shape index (κ2) is 16.5. The highest BCUT2D eigenvalue weighted by Gasteiger charge is 2.50. The number of nitrogens with zero attached hydrogens (tertiary/aromatic N) is 1. The third kappa shape index (κ3) is 8.97. The number of rotatable bonds is 11. The van der Waals surface area contributed by atoms with E-state index in [1.165, 1.54) is 43.0 Å². The average Bonchev–Trinajstić information content (AvgIpc) is 3.31. The van der Waals surface area contributed by atoms with Crippen LogP contribution >= 0.6 is 23.5 Å². The first-order chi connectivity index (χ1) is 21.6. The normalized spacial score (nSPS) is 35.9. The van der Waals surface area contributed by atoms with Crippen LogP contribution in [-0.4, -0.2) is 112 Å². The molecule has 9 nitrogen and oxygen atoms in total. The lowest BCUT2D eigenvalue weighted by Gasteiger charge is -2.44. The molecule has 1 amide bonds. The molecule has 4 aliphatic rings. The monoisotopic (exact) mass is 665 g/mol. The van der Waals surface area contributed by atoms with Gasteiger partial charge in [0.05, 0.1) is 12.1 Å². The number of aliphatic hydroxyl groups excluding tert-OH is 3. The first-order valence-electron chi connectivity index (χ1n) is 17.0. The summed E-state index contributed by atoms with van der Waals surface area (Å²) in [5, 5.41) is 38.9. The van der Waals surface area contributed by atoms with E-state index in [2.05, 4.69) is 53.6 Å². The first kappa shape index (κ1) is 35.4. The number of carbonyl (C=O) groups is 1. The average molecular weight is 666 g/mol. The Kier molecular flexibility index (Phi) is 13.0. The molecule has 5 rings (SSSR count).